The monoisotopic (exact) mass is 336 g/mol. The van der Waals surface area contributed by atoms with Crippen molar-refractivity contribution in [3.05, 3.63) is 53.6 Å². The van der Waals surface area contributed by atoms with Gasteiger partial charge in [0.1, 0.15) is 11.6 Å². The van der Waals surface area contributed by atoms with E-state index < -0.39 is 40.2 Å². The minimum absolute atomic E-state index is 0.0993. The highest BCUT2D eigenvalue weighted by Gasteiger charge is 2.30. The first-order valence-electron chi connectivity index (χ1n) is 5.71. The van der Waals surface area contributed by atoms with Crippen LogP contribution in [0.5, 0.6) is 0 Å². The topological polar surface area (TPSA) is 52.2 Å². The fourth-order valence-corrected chi connectivity index (χ4v) is 2.14. The molecule has 0 aliphatic carbocycles. The minimum atomic E-state index is -4.55. The Hall–Kier alpha value is -2.00. The lowest BCUT2D eigenvalue weighted by Crippen LogP contribution is -2.05. The van der Waals surface area contributed by atoms with Gasteiger partial charge in [-0.25, -0.2) is 8.78 Å². The average Bonchev–Trinajstić information content (AvgIpc) is 2.36. The van der Waals surface area contributed by atoms with Crippen molar-refractivity contribution in [3.8, 4) is 11.1 Å². The molecule has 1 unspecified atom stereocenters. The summed E-state index contributed by atoms with van der Waals surface area (Å²) in [5, 5.41) is 0. The second kappa shape index (κ2) is 6.01. The third-order valence-electron chi connectivity index (χ3n) is 2.74. The molecule has 0 amide bonds. The Morgan fingerprint density at radius 3 is 1.91 bits per heavy atom. The molecule has 0 aliphatic heterocycles. The molecule has 0 spiro atoms. The van der Waals surface area contributed by atoms with Gasteiger partial charge in [-0.2, -0.15) is 13.2 Å². The van der Waals surface area contributed by atoms with Crippen LogP contribution in [0.2, 0.25) is 0 Å². The predicted octanol–water partition coefficient (Wildman–Crippen LogP) is 3.86. The summed E-state index contributed by atoms with van der Waals surface area (Å²) < 4.78 is 87.7. The predicted molar refractivity (Wildman–Crippen MR) is 69.3 cm³/mol. The average molecular weight is 336 g/mol. The maximum Gasteiger partial charge on any atom is 0.416 e. The lowest BCUT2D eigenvalue weighted by molar-refractivity contribution is -0.137. The highest BCUT2D eigenvalue weighted by Crippen LogP contribution is 2.33. The first-order valence-corrected chi connectivity index (χ1v) is 6.78. The highest BCUT2D eigenvalue weighted by atomic mass is 32.2. The molecule has 2 aromatic rings. The molecule has 2 rings (SSSR count). The summed E-state index contributed by atoms with van der Waals surface area (Å²) in [4.78, 5) is 0. The van der Waals surface area contributed by atoms with Gasteiger partial charge in [-0.1, -0.05) is 12.1 Å². The zero-order valence-corrected chi connectivity index (χ0v) is 11.4. The zero-order valence-electron chi connectivity index (χ0n) is 10.6. The molecule has 0 saturated heterocycles. The maximum atomic E-state index is 13.9. The maximum absolute atomic E-state index is 13.9. The van der Waals surface area contributed by atoms with Crippen LogP contribution in [-0.4, -0.2) is 8.76 Å². The Labute approximate surface area is 124 Å². The highest BCUT2D eigenvalue weighted by molar-refractivity contribution is 7.80. The second-order valence-electron chi connectivity index (χ2n) is 4.23. The molecule has 0 aromatic heterocycles. The standard InChI is InChI=1S/C13H8F5NO2S/c14-10-5-9(19-22(20)21)6-11(15)12(10)7-1-3-8(4-2-7)13(16,17)18/h1-6,19H,(H,20,21)/p-1. The fraction of sp³-hybridized carbons (Fsp3) is 0.0769. The molecule has 0 bridgehead atoms. The van der Waals surface area contributed by atoms with E-state index in [0.717, 1.165) is 24.3 Å². The van der Waals surface area contributed by atoms with Crippen molar-refractivity contribution < 1.29 is 30.7 Å². The number of benzene rings is 2. The normalized spacial score (nSPS) is 13.0. The number of halogens is 5. The van der Waals surface area contributed by atoms with Gasteiger partial charge in [-0.15, -0.1) is 0 Å². The molecule has 0 fully saturated rings. The van der Waals surface area contributed by atoms with E-state index in [4.69, 9.17) is 0 Å². The molecule has 1 N–H and O–H groups in total. The Kier molecular flexibility index (Phi) is 4.47. The molecule has 0 heterocycles. The largest absolute Gasteiger partial charge is 0.755 e. The Balaban J connectivity index is 2.42. The number of hydrogen-bond donors (Lipinski definition) is 1. The van der Waals surface area contributed by atoms with Gasteiger partial charge in [0, 0.05) is 11.3 Å². The quantitative estimate of drug-likeness (QED) is 0.684. The van der Waals surface area contributed by atoms with Gasteiger partial charge in [0.15, 0.2) is 0 Å². The summed E-state index contributed by atoms with van der Waals surface area (Å²) in [6, 6.07) is 4.73. The Morgan fingerprint density at radius 1 is 1.00 bits per heavy atom. The van der Waals surface area contributed by atoms with Crippen LogP contribution < -0.4 is 4.72 Å². The van der Waals surface area contributed by atoms with Crippen molar-refractivity contribution >= 4 is 17.0 Å². The van der Waals surface area contributed by atoms with Gasteiger partial charge in [-0.05, 0) is 29.8 Å². The molecule has 2 aromatic carbocycles. The van der Waals surface area contributed by atoms with Crippen LogP contribution in [0, 0.1) is 11.6 Å². The lowest BCUT2D eigenvalue weighted by Gasteiger charge is -2.12. The van der Waals surface area contributed by atoms with Crippen molar-refractivity contribution in [2.75, 3.05) is 4.72 Å². The molecular weight excluding hydrogens is 329 g/mol. The van der Waals surface area contributed by atoms with Crippen LogP contribution >= 0.6 is 0 Å². The smallest absolute Gasteiger partial charge is 0.416 e. The molecule has 0 aliphatic rings. The molecule has 9 heteroatoms. The first kappa shape index (κ1) is 16.4. The number of nitrogens with one attached hydrogen (secondary N) is 1. The van der Waals surface area contributed by atoms with Crippen molar-refractivity contribution in [3.63, 3.8) is 0 Å². The van der Waals surface area contributed by atoms with Crippen molar-refractivity contribution in [1.82, 2.24) is 0 Å². The molecule has 22 heavy (non-hydrogen) atoms. The lowest BCUT2D eigenvalue weighted by atomic mass is 10.0. The van der Waals surface area contributed by atoms with Crippen LogP contribution in [0.3, 0.4) is 0 Å². The van der Waals surface area contributed by atoms with Crippen LogP contribution in [0.1, 0.15) is 5.56 Å². The van der Waals surface area contributed by atoms with E-state index in [2.05, 4.69) is 0 Å². The van der Waals surface area contributed by atoms with Crippen molar-refractivity contribution in [2.45, 2.75) is 6.18 Å². The Morgan fingerprint density at radius 2 is 1.50 bits per heavy atom. The molecule has 1 atom stereocenters. The zero-order chi connectivity index (χ0) is 16.5. The van der Waals surface area contributed by atoms with E-state index in [9.17, 15) is 30.7 Å². The van der Waals surface area contributed by atoms with Gasteiger partial charge >= 0.3 is 6.18 Å². The summed E-state index contributed by atoms with van der Waals surface area (Å²) in [5.74, 6) is -2.21. The van der Waals surface area contributed by atoms with Crippen molar-refractivity contribution in [1.29, 1.82) is 0 Å². The van der Waals surface area contributed by atoms with Gasteiger partial charge in [0.05, 0.1) is 16.8 Å². The molecule has 118 valence electrons. The summed E-state index contributed by atoms with van der Waals surface area (Å²) in [5.41, 5.74) is -1.93. The third-order valence-corrected chi connectivity index (χ3v) is 3.15. The third kappa shape index (κ3) is 3.60. The van der Waals surface area contributed by atoms with E-state index in [1.54, 1.807) is 4.72 Å². The number of hydrogen-bond acceptors (Lipinski definition) is 2. The molecular formula is C13H7F5NO2S-. The minimum Gasteiger partial charge on any atom is -0.755 e. The molecule has 3 nitrogen and oxygen atoms in total. The van der Waals surface area contributed by atoms with Gasteiger partial charge in [-0.3, -0.25) is 4.21 Å². The van der Waals surface area contributed by atoms with E-state index >= 15 is 0 Å². The fourth-order valence-electron chi connectivity index (χ4n) is 1.83. The van der Waals surface area contributed by atoms with Crippen LogP contribution in [0.25, 0.3) is 11.1 Å². The first-order chi connectivity index (χ1) is 10.2. The van der Waals surface area contributed by atoms with Gasteiger partial charge < -0.3 is 9.27 Å². The van der Waals surface area contributed by atoms with Crippen molar-refractivity contribution in [2.24, 2.45) is 0 Å². The number of rotatable bonds is 3. The molecule has 0 radical (unpaired) electrons. The van der Waals surface area contributed by atoms with Crippen LogP contribution in [0.15, 0.2) is 36.4 Å². The summed E-state index contributed by atoms with van der Waals surface area (Å²) >= 11 is -2.76. The van der Waals surface area contributed by atoms with E-state index in [0.29, 0.717) is 12.1 Å². The summed E-state index contributed by atoms with van der Waals surface area (Å²) in [6.07, 6.45) is -4.55. The van der Waals surface area contributed by atoms with E-state index in [1.807, 2.05) is 0 Å². The summed E-state index contributed by atoms with van der Waals surface area (Å²) in [7, 11) is 0. The van der Waals surface area contributed by atoms with Crippen LogP contribution in [0.4, 0.5) is 27.6 Å². The molecule has 0 saturated carbocycles. The number of alkyl halides is 3. The van der Waals surface area contributed by atoms with Gasteiger partial charge in [0.2, 0.25) is 0 Å². The van der Waals surface area contributed by atoms with Crippen LogP contribution in [-0.2, 0) is 17.4 Å². The summed E-state index contributed by atoms with van der Waals surface area (Å²) in [6.45, 7) is 0. The van der Waals surface area contributed by atoms with Gasteiger partial charge in [0.25, 0.3) is 0 Å². The van der Waals surface area contributed by atoms with E-state index in [-0.39, 0.29) is 11.3 Å². The second-order valence-corrected chi connectivity index (χ2v) is 4.90. The van der Waals surface area contributed by atoms with E-state index in [1.165, 1.54) is 0 Å². The SMILES string of the molecule is O=S([O-])Nc1cc(F)c(-c2ccc(C(F)(F)F)cc2)c(F)c1. The number of anilines is 1. The Bertz CT molecular complexity index is 692.